The molecule has 1 aromatic carbocycles. The van der Waals surface area contributed by atoms with E-state index in [1.165, 1.54) is 35.2 Å². The van der Waals surface area contributed by atoms with Crippen molar-refractivity contribution in [3.05, 3.63) is 62.3 Å². The lowest BCUT2D eigenvalue weighted by atomic mass is 10.2. The minimum Gasteiger partial charge on any atom is -0.478 e. The molecule has 5 nitrogen and oxygen atoms in total. The minimum absolute atomic E-state index is 0.0849. The second-order valence-electron chi connectivity index (χ2n) is 3.98. The van der Waals surface area contributed by atoms with Crippen LogP contribution in [-0.2, 0) is 10.5 Å². The van der Waals surface area contributed by atoms with Gasteiger partial charge in [-0.1, -0.05) is 12.1 Å². The number of thiophene rings is 1. The molecule has 0 fully saturated rings. The Bertz CT molecular complexity index is 694. The lowest BCUT2D eigenvalue weighted by Crippen LogP contribution is -1.90. The van der Waals surface area contributed by atoms with Crippen molar-refractivity contribution in [3.63, 3.8) is 0 Å². The van der Waals surface area contributed by atoms with Gasteiger partial charge in [0.05, 0.1) is 9.82 Å². The van der Waals surface area contributed by atoms with Crippen molar-refractivity contribution in [1.82, 2.24) is 0 Å². The van der Waals surface area contributed by atoms with Crippen LogP contribution in [0.5, 0.6) is 0 Å². The first-order valence-electron chi connectivity index (χ1n) is 5.91. The van der Waals surface area contributed by atoms with Crippen molar-refractivity contribution < 1.29 is 14.8 Å². The second-order valence-corrected chi connectivity index (χ2v) is 6.00. The fourth-order valence-corrected chi connectivity index (χ4v) is 3.67. The zero-order valence-electron chi connectivity index (χ0n) is 10.8. The highest BCUT2D eigenvalue weighted by Crippen LogP contribution is 2.33. The van der Waals surface area contributed by atoms with E-state index in [1.54, 1.807) is 18.2 Å². The second kappa shape index (κ2) is 7.05. The highest BCUT2D eigenvalue weighted by atomic mass is 32.2. The van der Waals surface area contributed by atoms with Crippen LogP contribution in [0.4, 0.5) is 5.69 Å². The zero-order valence-corrected chi connectivity index (χ0v) is 12.4. The Morgan fingerprint density at radius 1 is 1.38 bits per heavy atom. The van der Waals surface area contributed by atoms with Crippen LogP contribution in [0.15, 0.2) is 46.7 Å². The molecule has 0 amide bonds. The molecule has 0 radical (unpaired) electrons. The number of nitro groups is 1. The van der Waals surface area contributed by atoms with Gasteiger partial charge in [-0.3, -0.25) is 10.1 Å². The molecule has 0 aliphatic rings. The number of benzene rings is 1. The van der Waals surface area contributed by atoms with E-state index >= 15 is 0 Å². The summed E-state index contributed by atoms with van der Waals surface area (Å²) in [4.78, 5) is 22.7. The Balaban J connectivity index is 2.13. The van der Waals surface area contributed by atoms with Crippen molar-refractivity contribution in [1.29, 1.82) is 0 Å². The average Bonchev–Trinajstić information content (AvgIpc) is 2.90. The van der Waals surface area contributed by atoms with Crippen molar-refractivity contribution in [3.8, 4) is 0 Å². The predicted octanol–water partition coefficient (Wildman–Crippen LogP) is 4.05. The van der Waals surface area contributed by atoms with Crippen LogP contribution in [-0.4, -0.2) is 16.0 Å². The minimum atomic E-state index is -1.00. The zero-order chi connectivity index (χ0) is 15.2. The van der Waals surface area contributed by atoms with E-state index in [0.29, 0.717) is 10.6 Å². The highest BCUT2D eigenvalue weighted by Gasteiger charge is 2.13. The number of aliphatic carboxylic acids is 1. The van der Waals surface area contributed by atoms with Gasteiger partial charge >= 0.3 is 5.97 Å². The van der Waals surface area contributed by atoms with Gasteiger partial charge in [0.1, 0.15) is 0 Å². The molecule has 0 spiro atoms. The number of carboxylic acid groups (broad SMARTS) is 1. The maximum atomic E-state index is 10.9. The third-order valence-electron chi connectivity index (χ3n) is 2.61. The van der Waals surface area contributed by atoms with Gasteiger partial charge in [0.25, 0.3) is 5.69 Å². The summed E-state index contributed by atoms with van der Waals surface area (Å²) in [7, 11) is 0. The number of thioether (sulfide) groups is 1. The Morgan fingerprint density at radius 2 is 2.14 bits per heavy atom. The SMILES string of the molecule is O=C(O)C=Cc1ccsc1CSc1ccccc1[N+](=O)[O-]. The van der Waals surface area contributed by atoms with E-state index < -0.39 is 10.9 Å². The Labute approximate surface area is 129 Å². The van der Waals surface area contributed by atoms with E-state index in [-0.39, 0.29) is 5.69 Å². The molecule has 108 valence electrons. The van der Waals surface area contributed by atoms with Crippen LogP contribution >= 0.6 is 23.1 Å². The quantitative estimate of drug-likeness (QED) is 0.376. The number of carboxylic acids is 1. The summed E-state index contributed by atoms with van der Waals surface area (Å²) >= 11 is 2.87. The summed E-state index contributed by atoms with van der Waals surface area (Å²) in [6, 6.07) is 8.41. The molecule has 0 aliphatic carbocycles. The third kappa shape index (κ3) is 4.17. The van der Waals surface area contributed by atoms with Gasteiger partial charge in [-0.15, -0.1) is 23.1 Å². The topological polar surface area (TPSA) is 80.4 Å². The number of nitro benzene ring substituents is 1. The fourth-order valence-electron chi connectivity index (χ4n) is 1.65. The molecular weight excluding hydrogens is 310 g/mol. The monoisotopic (exact) mass is 321 g/mol. The van der Waals surface area contributed by atoms with E-state index in [2.05, 4.69) is 0 Å². The molecular formula is C14H11NO4S2. The van der Waals surface area contributed by atoms with Gasteiger partial charge in [-0.2, -0.15) is 0 Å². The first-order chi connectivity index (χ1) is 10.1. The van der Waals surface area contributed by atoms with Crippen LogP contribution in [0.25, 0.3) is 6.08 Å². The molecule has 0 bridgehead atoms. The average molecular weight is 321 g/mol. The molecule has 2 aromatic rings. The Morgan fingerprint density at radius 3 is 2.86 bits per heavy atom. The third-order valence-corrected chi connectivity index (χ3v) is 4.81. The van der Waals surface area contributed by atoms with Crippen molar-refractivity contribution in [2.24, 2.45) is 0 Å². The summed E-state index contributed by atoms with van der Waals surface area (Å²) in [5.74, 6) is -0.444. The van der Waals surface area contributed by atoms with Crippen LogP contribution in [0, 0.1) is 10.1 Å². The Hall–Kier alpha value is -2.12. The molecule has 21 heavy (non-hydrogen) atoms. The van der Waals surface area contributed by atoms with E-state index in [9.17, 15) is 14.9 Å². The smallest absolute Gasteiger partial charge is 0.328 e. The van der Waals surface area contributed by atoms with Gasteiger partial charge in [-0.25, -0.2) is 4.79 Å². The molecule has 7 heteroatoms. The summed E-state index contributed by atoms with van der Waals surface area (Å²) in [6.45, 7) is 0. The van der Waals surface area contributed by atoms with E-state index in [1.807, 2.05) is 11.4 Å². The number of rotatable bonds is 6. The summed E-state index contributed by atoms with van der Waals surface area (Å²) in [6.07, 6.45) is 2.62. The van der Waals surface area contributed by atoms with Gasteiger partial charge in [0.15, 0.2) is 0 Å². The summed E-state index contributed by atoms with van der Waals surface area (Å²) < 4.78 is 0. The molecule has 1 aromatic heterocycles. The van der Waals surface area contributed by atoms with Crippen molar-refractivity contribution in [2.45, 2.75) is 10.6 Å². The summed E-state index contributed by atoms with van der Waals surface area (Å²) in [5.41, 5.74) is 0.912. The molecule has 0 saturated heterocycles. The number of carbonyl (C=O) groups is 1. The van der Waals surface area contributed by atoms with Gasteiger partial charge < -0.3 is 5.11 Å². The van der Waals surface area contributed by atoms with Crippen LogP contribution in [0.1, 0.15) is 10.4 Å². The number of hydrogen-bond donors (Lipinski definition) is 1. The van der Waals surface area contributed by atoms with Crippen LogP contribution in [0.2, 0.25) is 0 Å². The number of hydrogen-bond acceptors (Lipinski definition) is 5. The molecule has 0 saturated carbocycles. The van der Waals surface area contributed by atoms with E-state index in [4.69, 9.17) is 5.11 Å². The molecule has 0 unspecified atom stereocenters. The van der Waals surface area contributed by atoms with Gasteiger partial charge in [0, 0.05) is 22.8 Å². The normalized spacial score (nSPS) is 10.9. The number of nitrogens with zero attached hydrogens (tertiary/aromatic N) is 1. The maximum Gasteiger partial charge on any atom is 0.328 e. The van der Waals surface area contributed by atoms with Crippen LogP contribution in [0.3, 0.4) is 0 Å². The molecule has 1 N–H and O–H groups in total. The van der Waals surface area contributed by atoms with E-state index in [0.717, 1.165) is 16.5 Å². The van der Waals surface area contributed by atoms with Gasteiger partial charge in [0.2, 0.25) is 0 Å². The molecule has 0 atom stereocenters. The standard InChI is InChI=1S/C14H11NO4S2/c16-14(17)6-5-10-7-8-20-13(10)9-21-12-4-2-1-3-11(12)15(18)19/h1-8H,9H2,(H,16,17). The molecule has 2 rings (SSSR count). The first-order valence-corrected chi connectivity index (χ1v) is 7.78. The predicted molar refractivity (Wildman–Crippen MR) is 83.6 cm³/mol. The summed E-state index contributed by atoms with van der Waals surface area (Å²) in [5, 5.41) is 21.5. The lowest BCUT2D eigenvalue weighted by Gasteiger charge is -2.02. The largest absolute Gasteiger partial charge is 0.478 e. The lowest BCUT2D eigenvalue weighted by molar-refractivity contribution is -0.387. The van der Waals surface area contributed by atoms with Crippen molar-refractivity contribution in [2.75, 3.05) is 0 Å². The molecule has 1 heterocycles. The molecule has 0 aliphatic heterocycles. The maximum absolute atomic E-state index is 10.9. The van der Waals surface area contributed by atoms with Crippen molar-refractivity contribution >= 4 is 40.8 Å². The first kappa shape index (κ1) is 15.3. The highest BCUT2D eigenvalue weighted by molar-refractivity contribution is 7.98. The fraction of sp³-hybridized carbons (Fsp3) is 0.0714. The number of para-hydroxylation sites is 1. The van der Waals surface area contributed by atoms with Crippen LogP contribution < -0.4 is 0 Å². The Kier molecular flexibility index (Phi) is 5.13. The van der Waals surface area contributed by atoms with Gasteiger partial charge in [-0.05, 0) is 29.2 Å².